The third-order valence-corrected chi connectivity index (χ3v) is 30.1. The van der Waals surface area contributed by atoms with Crippen molar-refractivity contribution in [3.8, 4) is 0 Å². The summed E-state index contributed by atoms with van der Waals surface area (Å²) in [7, 11) is -2.22. The van der Waals surface area contributed by atoms with Gasteiger partial charge in [-0.2, -0.15) is 0 Å². The maximum absolute atomic E-state index is 11.0. The van der Waals surface area contributed by atoms with E-state index in [-0.39, 0.29) is 310 Å². The number of carbonyl (C=O) groups is 1. The van der Waals surface area contributed by atoms with E-state index in [0.717, 1.165) is 68.9 Å². The van der Waals surface area contributed by atoms with Gasteiger partial charge < -0.3 is 68.3 Å². The summed E-state index contributed by atoms with van der Waals surface area (Å²) in [6.45, 7) is 32.3. The van der Waals surface area contributed by atoms with Crippen LogP contribution >= 0.6 is 55.9 Å². The predicted molar refractivity (Wildman–Crippen MR) is 641 cm³/mol. The van der Waals surface area contributed by atoms with E-state index < -0.39 is 15.2 Å². The van der Waals surface area contributed by atoms with E-state index in [9.17, 15) is 4.79 Å². The second-order valence-corrected chi connectivity index (χ2v) is 37.7. The average Bonchev–Trinajstić information content (AvgIpc) is 0.750. The Hall–Kier alpha value is -2.09. The Morgan fingerprint density at radius 1 is 0.320 bits per heavy atom. The van der Waals surface area contributed by atoms with E-state index in [1.165, 1.54) is 167 Å². The first-order chi connectivity index (χ1) is 64.4. The number of alkyl halides is 1. The Morgan fingerprint density at radius 2 is 0.537 bits per heavy atom. The van der Waals surface area contributed by atoms with Gasteiger partial charge in [-0.3, -0.25) is 19.5 Å². The monoisotopic (exact) mass is 2660 g/mol. The fourth-order valence-corrected chi connectivity index (χ4v) is 23.0. The minimum absolute atomic E-state index is 0. The molecule has 0 bridgehead atoms. The molecule has 0 spiro atoms. The molecular weight excluding hydrogens is 2490 g/mol. The summed E-state index contributed by atoms with van der Waals surface area (Å²) in [6, 6.07) is 151. The van der Waals surface area contributed by atoms with Gasteiger partial charge in [0, 0.05) is 249 Å². The molecule has 1 N–H and O–H groups in total. The van der Waals surface area contributed by atoms with Crippen molar-refractivity contribution in [2.24, 2.45) is 11.8 Å². The molecule has 789 valence electrons. The minimum Gasteiger partial charge on any atom is -1.00 e. The number of likely N-dealkylation sites (tertiary alicyclic amines) is 3. The fourth-order valence-electron chi connectivity index (χ4n) is 16.1. The van der Waals surface area contributed by atoms with E-state index in [4.69, 9.17) is 0 Å². The molecule has 4 aliphatic rings. The van der Waals surface area contributed by atoms with Gasteiger partial charge in [-0.25, -0.2) is 0 Å². The molecule has 0 saturated carbocycles. The van der Waals surface area contributed by atoms with Gasteiger partial charge in [0.15, 0.2) is 0 Å². The maximum Gasteiger partial charge on any atom is 1.00 e. The average molecular weight is 2670 g/mol. The van der Waals surface area contributed by atoms with Crippen molar-refractivity contribution in [3.63, 3.8) is 0 Å². The first-order valence-corrected chi connectivity index (χ1v) is 52.8. The number of nitrogens with one attached hydrogen (secondary N) is 1. The first kappa shape index (κ1) is 167. The number of carbonyl (C=O) groups excluding carboxylic acids is 1. The topological polar surface area (TPSA) is 38.8 Å². The zero-order valence-corrected chi connectivity index (χ0v) is 116. The van der Waals surface area contributed by atoms with Gasteiger partial charge in [0.1, 0.15) is 29.0 Å². The van der Waals surface area contributed by atoms with Gasteiger partial charge in [-0.15, -0.1) is 24.8 Å². The van der Waals surface area contributed by atoms with Crippen molar-refractivity contribution in [1.82, 2.24) is 20.0 Å². The molecule has 4 saturated heterocycles. The van der Waals surface area contributed by atoms with Crippen LogP contribution in [0, 0.1) is 56.4 Å². The zero-order chi connectivity index (χ0) is 92.4. The summed E-state index contributed by atoms with van der Waals surface area (Å²) in [5.41, 5.74) is 12.8. The van der Waals surface area contributed by atoms with Crippen molar-refractivity contribution in [3.05, 3.63) is 519 Å². The van der Waals surface area contributed by atoms with Crippen molar-refractivity contribution in [2.75, 3.05) is 52.4 Å². The Bertz CT molecular complexity index is 4870. The number of benzene rings is 14. The van der Waals surface area contributed by atoms with Crippen LogP contribution in [0.15, 0.2) is 430 Å². The van der Waals surface area contributed by atoms with Crippen LogP contribution in [0.1, 0.15) is 175 Å². The zero-order valence-electron chi connectivity index (χ0n) is 92.3. The largest absolute Gasteiger partial charge is 1.00 e. The number of ketones is 1. The standard InChI is InChI=1S/C25H22P.C19H23N.C19H21N.C18H15P.C12H15NO.C12H17N.C7H7Br.5C2H6.CH4.6CH3.BrH.2ClH.Na.Pd.5Y.H2.H/c1-5-13-22(14-6-1)21-26(23-15-7-2-8-16-23,24-17-9-3-10-18-24)25-19-11-4-12-20-25;2*1-3-7-17(8-4-1)15-18-11-13-20(14-12-18)16-19-9-5-2-6-10-19;1-4-10-16(11-5-1)19(17-12-6-2-7-13-17)18-14-8-3-9-15-18;14-12-6-8-13(9-7-12)10-11-4-2-1-3-5-11;1-2-4-11(5-3-1)10-12-6-8-13-9-7-12;8-6-7-4-2-1-3-5-7;5*1-2;;;;;;;;;;;;;;;;;;;/h1-20H,21H2;1-10,18H,11-16H2;1-10,15H,11-14,16H2;1-15H;1-5H,6-10H2;1-5,12-13H,6-10H2;1-5H,6H2;5*1-2H3;1H4;6*1H3;3*1H;;;;;;;;1H;/q+1;;;;;;;;;;;;;6*-1;;;;+1;;;;;;;;-1/p-1. The van der Waals surface area contributed by atoms with Crippen molar-refractivity contribution < 1.29 is 238 Å². The predicted octanol–water partition coefficient (Wildman–Crippen LogP) is 27.5. The molecule has 147 heavy (non-hydrogen) atoms. The smallest absolute Gasteiger partial charge is 1.00 e. The summed E-state index contributed by atoms with van der Waals surface area (Å²) in [5, 5.41) is 12.8. The molecule has 0 amide bonds. The molecular formula is C129H177Br2Cl2N4NaOP2PdY5-6. The molecule has 0 aliphatic carbocycles. The van der Waals surface area contributed by atoms with Crippen molar-refractivity contribution in [2.45, 2.75) is 172 Å². The molecule has 14 aromatic carbocycles. The van der Waals surface area contributed by atoms with Gasteiger partial charge in [0.25, 0.3) is 0 Å². The van der Waals surface area contributed by atoms with Crippen LogP contribution in [0.3, 0.4) is 0 Å². The third-order valence-electron chi connectivity index (χ3n) is 22.6. The number of hydrogen-bond acceptors (Lipinski definition) is 5. The van der Waals surface area contributed by atoms with Gasteiger partial charge in [0.05, 0.1) is 6.16 Å². The van der Waals surface area contributed by atoms with E-state index in [2.05, 4.69) is 442 Å². The molecule has 14 aromatic rings. The van der Waals surface area contributed by atoms with Crippen LogP contribution in [0.4, 0.5) is 0 Å². The van der Waals surface area contributed by atoms with Crippen LogP contribution in [-0.2, 0) is 233 Å². The normalized spacial score (nSPS) is 12.0. The molecule has 4 aliphatic heterocycles. The second-order valence-electron chi connectivity index (χ2n) is 31.5. The van der Waals surface area contributed by atoms with Gasteiger partial charge in [0.2, 0.25) is 0 Å². The Labute approximate surface area is 1100 Å². The number of hydrogen-bond donors (Lipinski definition) is 1. The molecule has 5 nitrogen and oxygen atoms in total. The maximum atomic E-state index is 11.0. The Morgan fingerprint density at radius 3 is 0.803 bits per heavy atom. The van der Waals surface area contributed by atoms with Crippen LogP contribution in [0.25, 0.3) is 6.08 Å². The van der Waals surface area contributed by atoms with Gasteiger partial charge in [-0.1, -0.05) is 492 Å². The van der Waals surface area contributed by atoms with E-state index >= 15 is 0 Å². The number of rotatable bonds is 20. The molecule has 0 aromatic heterocycles. The van der Waals surface area contributed by atoms with Crippen LogP contribution in [-0.4, -0.2) is 72.8 Å². The van der Waals surface area contributed by atoms with E-state index in [0.29, 0.717) is 5.78 Å². The van der Waals surface area contributed by atoms with Crippen LogP contribution in [0.2, 0.25) is 0 Å². The first-order valence-electron chi connectivity index (χ1n) is 48.3. The Balaban J connectivity index is -0.000000129. The molecule has 18 rings (SSSR count). The summed E-state index contributed by atoms with van der Waals surface area (Å²) in [5.74, 6) is 2.18. The minimum atomic E-state index is -1.78. The number of halogens is 4. The number of Topliss-reactive ketones (excluding diaryl/α,β-unsaturated/α-hetero) is 1. The van der Waals surface area contributed by atoms with Gasteiger partial charge >= 0.3 is 29.6 Å². The molecule has 0 atom stereocenters. The number of nitrogens with zero attached hydrogens (tertiary/aromatic N) is 3. The van der Waals surface area contributed by atoms with Gasteiger partial charge in [-0.05, 0) is 194 Å². The Kier molecular flexibility index (Phi) is 123. The van der Waals surface area contributed by atoms with E-state index in [1.807, 2.05) is 93.5 Å². The van der Waals surface area contributed by atoms with E-state index in [1.54, 1.807) is 5.57 Å². The summed E-state index contributed by atoms with van der Waals surface area (Å²) in [4.78, 5) is 18.5. The molecule has 4 fully saturated rings. The second kappa shape index (κ2) is 108. The SMILES string of the molecule is BrCc1ccccc1.C.C(=C1CCN(Cc2ccccc2)CC1)c1ccccc1.CC.CC.CC.CC.CC.Cl.Cl.O=C1CCN(Cc2ccccc2)CC1.[Br-].[CH3-].[CH3-].[CH3-].[CH3-].[CH3-].[CH3-].[H-].[HH].[Na+].[Pd].[Y].[Y].[Y].[Y].[Y].c1ccc(CC2CCN(Cc3ccccc3)CC2)cc1.c1ccc(CC2CCNCC2)cc1.c1ccc(C[P+](c2ccccc2)(c2ccccc2)c2ccccc2)cc1.c1ccc(P(c2ccccc2)c2ccccc2)cc1. The molecule has 18 heteroatoms. The van der Waals surface area contributed by atoms with Crippen molar-refractivity contribution in [1.29, 1.82) is 0 Å². The molecule has 4 heterocycles. The molecule has 5 radical (unpaired) electrons. The summed E-state index contributed by atoms with van der Waals surface area (Å²) < 4.78 is 0. The fraction of sp³-hybridized carbons (Fsp3) is 0.279. The van der Waals surface area contributed by atoms with Crippen molar-refractivity contribution >= 4 is 99.6 Å². The summed E-state index contributed by atoms with van der Waals surface area (Å²) in [6.07, 6.45) is 15.1. The summed E-state index contributed by atoms with van der Waals surface area (Å²) >= 11 is 3.36. The number of piperidine rings is 4. The quantitative estimate of drug-likeness (QED) is 0.0356. The van der Waals surface area contributed by atoms with Crippen LogP contribution < -0.4 is 83.7 Å². The molecule has 0 unspecified atom stereocenters. The van der Waals surface area contributed by atoms with Crippen LogP contribution in [0.5, 0.6) is 0 Å². The third kappa shape index (κ3) is 66.4.